The van der Waals surface area contributed by atoms with Gasteiger partial charge in [-0.25, -0.2) is 0 Å². The first-order valence-corrected chi connectivity index (χ1v) is 7.22. The summed E-state index contributed by atoms with van der Waals surface area (Å²) in [7, 11) is 0. The van der Waals surface area contributed by atoms with Crippen molar-refractivity contribution in [3.8, 4) is 5.75 Å². The van der Waals surface area contributed by atoms with Crippen LogP contribution in [-0.2, 0) is 4.79 Å². The van der Waals surface area contributed by atoms with Gasteiger partial charge in [0.2, 0.25) is 0 Å². The molecule has 0 bridgehead atoms. The highest BCUT2D eigenvalue weighted by atomic mass is 16.5. The molecule has 4 nitrogen and oxygen atoms in total. The van der Waals surface area contributed by atoms with E-state index in [-0.39, 0.29) is 18.6 Å². The molecule has 110 valence electrons. The fraction of sp³-hybridized carbons (Fsp3) is 0.562. The highest BCUT2D eigenvalue weighted by Crippen LogP contribution is 2.35. The number of anilines is 1. The third-order valence-electron chi connectivity index (χ3n) is 3.58. The van der Waals surface area contributed by atoms with Crippen molar-refractivity contribution in [2.24, 2.45) is 17.6 Å². The highest BCUT2D eigenvalue weighted by Gasteiger charge is 2.27. The number of nitrogens with zero attached hydrogens (tertiary/aromatic N) is 1. The zero-order valence-corrected chi connectivity index (χ0v) is 12.7. The van der Waals surface area contributed by atoms with E-state index in [0.29, 0.717) is 18.4 Å². The van der Waals surface area contributed by atoms with Crippen LogP contribution in [0.3, 0.4) is 0 Å². The molecule has 2 rings (SSSR count). The zero-order valence-electron chi connectivity index (χ0n) is 12.7. The molecule has 0 aromatic heterocycles. The van der Waals surface area contributed by atoms with E-state index in [1.807, 2.05) is 23.1 Å². The second-order valence-corrected chi connectivity index (χ2v) is 6.18. The van der Waals surface area contributed by atoms with Gasteiger partial charge >= 0.3 is 0 Å². The maximum Gasteiger partial charge on any atom is 0.265 e. The van der Waals surface area contributed by atoms with Crippen molar-refractivity contribution in [3.05, 3.63) is 23.8 Å². The number of benzene rings is 1. The Labute approximate surface area is 120 Å². The van der Waals surface area contributed by atoms with Crippen molar-refractivity contribution in [1.29, 1.82) is 0 Å². The van der Waals surface area contributed by atoms with Crippen molar-refractivity contribution in [2.45, 2.75) is 33.7 Å². The summed E-state index contributed by atoms with van der Waals surface area (Å²) in [6.45, 7) is 9.22. The highest BCUT2D eigenvalue weighted by molar-refractivity contribution is 5.97. The summed E-state index contributed by atoms with van der Waals surface area (Å²) < 4.78 is 5.51. The molecule has 20 heavy (non-hydrogen) atoms. The van der Waals surface area contributed by atoms with Gasteiger partial charge in [-0.2, -0.15) is 0 Å². The van der Waals surface area contributed by atoms with Crippen molar-refractivity contribution >= 4 is 11.6 Å². The predicted octanol–water partition coefficient (Wildman–Crippen LogP) is 2.72. The summed E-state index contributed by atoms with van der Waals surface area (Å²) in [5, 5.41) is 0. The summed E-state index contributed by atoms with van der Waals surface area (Å²) >= 11 is 0. The van der Waals surface area contributed by atoms with Crippen LogP contribution in [0.1, 0.15) is 39.3 Å². The Balaban J connectivity index is 2.38. The number of amides is 1. The number of rotatable bonds is 4. The van der Waals surface area contributed by atoms with Crippen LogP contribution in [-0.4, -0.2) is 19.1 Å². The standard InChI is InChI=1S/C16H24N2O2/c1-10(2)8-18-13-7-12(16(17)11(3)4)5-6-14(13)20-9-15(18)19/h5-7,10-11,16H,8-9,17H2,1-4H3. The first kappa shape index (κ1) is 14.9. The normalized spacial score (nSPS) is 16.4. The Hall–Kier alpha value is -1.55. The van der Waals surface area contributed by atoms with Crippen LogP contribution in [0.5, 0.6) is 5.75 Å². The van der Waals surface area contributed by atoms with E-state index < -0.39 is 0 Å². The van der Waals surface area contributed by atoms with Crippen molar-refractivity contribution in [3.63, 3.8) is 0 Å². The number of ether oxygens (including phenoxy) is 1. The van der Waals surface area contributed by atoms with Gasteiger partial charge in [0, 0.05) is 12.6 Å². The third-order valence-corrected chi connectivity index (χ3v) is 3.58. The van der Waals surface area contributed by atoms with Crippen molar-refractivity contribution < 1.29 is 9.53 Å². The monoisotopic (exact) mass is 276 g/mol. The Bertz CT molecular complexity index is 497. The number of fused-ring (bicyclic) bond motifs is 1. The first-order chi connectivity index (χ1) is 9.40. The third kappa shape index (κ3) is 2.96. The molecule has 4 heteroatoms. The molecule has 1 unspecified atom stereocenters. The minimum atomic E-state index is -0.0294. The van der Waals surface area contributed by atoms with Crippen molar-refractivity contribution in [2.75, 3.05) is 18.1 Å². The molecule has 0 aliphatic carbocycles. The topological polar surface area (TPSA) is 55.6 Å². The average Bonchev–Trinajstić information content (AvgIpc) is 2.40. The van der Waals surface area contributed by atoms with E-state index in [0.717, 1.165) is 17.0 Å². The van der Waals surface area contributed by atoms with Crippen LogP contribution in [0, 0.1) is 11.8 Å². The number of hydrogen-bond donors (Lipinski definition) is 1. The van der Waals surface area contributed by atoms with Gasteiger partial charge in [-0.1, -0.05) is 33.8 Å². The summed E-state index contributed by atoms with van der Waals surface area (Å²) in [6, 6.07) is 5.89. The number of carbonyl (C=O) groups excluding carboxylic acids is 1. The van der Waals surface area contributed by atoms with Gasteiger partial charge in [-0.3, -0.25) is 4.79 Å². The van der Waals surface area contributed by atoms with Crippen LogP contribution >= 0.6 is 0 Å². The maximum atomic E-state index is 12.1. The number of nitrogens with two attached hydrogens (primary N) is 1. The lowest BCUT2D eigenvalue weighted by atomic mass is 9.96. The summed E-state index contributed by atoms with van der Waals surface area (Å²) in [5.41, 5.74) is 8.11. The zero-order chi connectivity index (χ0) is 14.9. The van der Waals surface area contributed by atoms with Gasteiger partial charge in [0.15, 0.2) is 6.61 Å². The van der Waals surface area contributed by atoms with E-state index >= 15 is 0 Å². The molecule has 1 aromatic carbocycles. The van der Waals surface area contributed by atoms with Crippen molar-refractivity contribution in [1.82, 2.24) is 0 Å². The van der Waals surface area contributed by atoms with E-state index in [4.69, 9.17) is 10.5 Å². The lowest BCUT2D eigenvalue weighted by Crippen LogP contribution is -2.41. The van der Waals surface area contributed by atoms with E-state index in [2.05, 4.69) is 27.7 Å². The average molecular weight is 276 g/mol. The van der Waals surface area contributed by atoms with Crippen LogP contribution < -0.4 is 15.4 Å². The molecule has 0 radical (unpaired) electrons. The lowest BCUT2D eigenvalue weighted by Gasteiger charge is -2.31. The largest absolute Gasteiger partial charge is 0.482 e. The molecule has 1 aromatic rings. The van der Waals surface area contributed by atoms with Crippen LogP contribution in [0.4, 0.5) is 5.69 Å². The van der Waals surface area contributed by atoms with Gasteiger partial charge in [0.1, 0.15) is 5.75 Å². The van der Waals surface area contributed by atoms with Gasteiger partial charge in [-0.15, -0.1) is 0 Å². The van der Waals surface area contributed by atoms with Gasteiger partial charge in [-0.05, 0) is 29.5 Å². The summed E-state index contributed by atoms with van der Waals surface area (Å²) in [5.74, 6) is 1.55. The van der Waals surface area contributed by atoms with Gasteiger partial charge in [0.05, 0.1) is 5.69 Å². The van der Waals surface area contributed by atoms with E-state index in [1.54, 1.807) is 0 Å². The minimum absolute atomic E-state index is 0.0152. The van der Waals surface area contributed by atoms with Crippen LogP contribution in [0.15, 0.2) is 18.2 Å². The molecule has 0 spiro atoms. The molecule has 1 amide bonds. The van der Waals surface area contributed by atoms with E-state index in [9.17, 15) is 4.79 Å². The lowest BCUT2D eigenvalue weighted by molar-refractivity contribution is -0.121. The smallest absolute Gasteiger partial charge is 0.265 e. The molecule has 1 aliphatic heterocycles. The Kier molecular flexibility index (Phi) is 4.33. The van der Waals surface area contributed by atoms with Gasteiger partial charge < -0.3 is 15.4 Å². The fourth-order valence-electron chi connectivity index (χ4n) is 2.38. The molecule has 1 aliphatic rings. The maximum absolute atomic E-state index is 12.1. The molecule has 0 saturated carbocycles. The molecule has 2 N–H and O–H groups in total. The molecule has 1 atom stereocenters. The Morgan fingerprint density at radius 2 is 2.00 bits per heavy atom. The number of carbonyl (C=O) groups is 1. The van der Waals surface area contributed by atoms with Crippen LogP contribution in [0.25, 0.3) is 0 Å². The second kappa shape index (κ2) is 5.83. The second-order valence-electron chi connectivity index (χ2n) is 6.18. The predicted molar refractivity (Wildman–Crippen MR) is 80.9 cm³/mol. The quantitative estimate of drug-likeness (QED) is 0.920. The van der Waals surface area contributed by atoms with Gasteiger partial charge in [0.25, 0.3) is 5.91 Å². The SMILES string of the molecule is CC(C)CN1C(=O)COc2ccc(C(N)C(C)C)cc21. The minimum Gasteiger partial charge on any atom is -0.482 e. The first-order valence-electron chi connectivity index (χ1n) is 7.22. The molecule has 0 saturated heterocycles. The molecular weight excluding hydrogens is 252 g/mol. The van der Waals surface area contributed by atoms with Crippen LogP contribution in [0.2, 0.25) is 0 Å². The Morgan fingerprint density at radius 1 is 1.30 bits per heavy atom. The molecular formula is C16H24N2O2. The number of hydrogen-bond acceptors (Lipinski definition) is 3. The summed E-state index contributed by atoms with van der Waals surface area (Å²) in [4.78, 5) is 13.9. The summed E-state index contributed by atoms with van der Waals surface area (Å²) in [6.07, 6.45) is 0. The molecule has 1 heterocycles. The Morgan fingerprint density at radius 3 is 2.60 bits per heavy atom. The fourth-order valence-corrected chi connectivity index (χ4v) is 2.38. The molecule has 0 fully saturated rings. The van der Waals surface area contributed by atoms with E-state index in [1.165, 1.54) is 0 Å².